The fraction of sp³-hybridized carbons (Fsp3) is 0.917. The van der Waals surface area contributed by atoms with E-state index < -0.39 is 0 Å². The van der Waals surface area contributed by atoms with Gasteiger partial charge in [0.15, 0.2) is 0 Å². The fourth-order valence-corrected chi connectivity index (χ4v) is 1.96. The first-order valence-corrected chi connectivity index (χ1v) is 5.87. The molecule has 0 N–H and O–H groups in total. The molecular formula is C12H23NO2. The van der Waals surface area contributed by atoms with Crippen LogP contribution >= 0.6 is 0 Å². The Morgan fingerprint density at radius 1 is 1.27 bits per heavy atom. The molecule has 0 radical (unpaired) electrons. The number of hydrogen-bond acceptors (Lipinski definition) is 2. The summed E-state index contributed by atoms with van der Waals surface area (Å²) in [5, 5.41) is 0. The van der Waals surface area contributed by atoms with Gasteiger partial charge in [0.1, 0.15) is 6.23 Å². The first kappa shape index (κ1) is 12.5. The molecule has 0 spiro atoms. The third-order valence-electron chi connectivity index (χ3n) is 2.57. The maximum Gasteiger partial charge on any atom is 0.224 e. The highest BCUT2D eigenvalue weighted by Crippen LogP contribution is 2.18. The van der Waals surface area contributed by atoms with Gasteiger partial charge in [-0.1, -0.05) is 6.42 Å². The van der Waals surface area contributed by atoms with E-state index in [0.717, 1.165) is 25.8 Å². The Bertz CT molecular complexity index is 220. The summed E-state index contributed by atoms with van der Waals surface area (Å²) in [6, 6.07) is 0. The molecule has 1 unspecified atom stereocenters. The average molecular weight is 213 g/mol. The molecule has 1 atom stereocenters. The van der Waals surface area contributed by atoms with Gasteiger partial charge in [0.05, 0.1) is 5.60 Å². The summed E-state index contributed by atoms with van der Waals surface area (Å²) < 4.78 is 5.81. The molecule has 1 fully saturated rings. The van der Waals surface area contributed by atoms with Crippen LogP contribution in [-0.2, 0) is 9.53 Å². The van der Waals surface area contributed by atoms with Gasteiger partial charge in [-0.25, -0.2) is 0 Å². The van der Waals surface area contributed by atoms with E-state index in [0.29, 0.717) is 6.42 Å². The van der Waals surface area contributed by atoms with Crippen LogP contribution in [0.1, 0.15) is 53.4 Å². The van der Waals surface area contributed by atoms with E-state index in [1.54, 1.807) is 0 Å². The molecule has 1 heterocycles. The van der Waals surface area contributed by atoms with Crippen molar-refractivity contribution < 1.29 is 9.53 Å². The smallest absolute Gasteiger partial charge is 0.224 e. The first-order valence-electron chi connectivity index (χ1n) is 5.87. The maximum absolute atomic E-state index is 11.8. The Morgan fingerprint density at radius 3 is 2.53 bits per heavy atom. The highest BCUT2D eigenvalue weighted by atomic mass is 16.5. The predicted octanol–water partition coefficient (Wildman–Crippen LogP) is 2.55. The quantitative estimate of drug-likeness (QED) is 0.705. The predicted molar refractivity (Wildman–Crippen MR) is 60.5 cm³/mol. The van der Waals surface area contributed by atoms with E-state index in [1.807, 2.05) is 32.6 Å². The molecule has 0 saturated carbocycles. The lowest BCUT2D eigenvalue weighted by Gasteiger charge is -2.33. The molecule has 0 aromatic rings. The van der Waals surface area contributed by atoms with Gasteiger partial charge in [0, 0.05) is 13.0 Å². The summed E-state index contributed by atoms with van der Waals surface area (Å²) >= 11 is 0. The molecule has 1 aliphatic rings. The molecule has 1 rings (SSSR count). The van der Waals surface area contributed by atoms with Gasteiger partial charge < -0.3 is 9.64 Å². The van der Waals surface area contributed by atoms with Crippen LogP contribution in [0, 0.1) is 0 Å². The second-order valence-electron chi connectivity index (χ2n) is 5.23. The molecule has 3 nitrogen and oxygen atoms in total. The topological polar surface area (TPSA) is 29.5 Å². The van der Waals surface area contributed by atoms with Crippen LogP contribution in [0.25, 0.3) is 0 Å². The largest absolute Gasteiger partial charge is 0.353 e. The number of amides is 1. The SMILES string of the molecule is CC(OC(C)(C)C)N1CCCCCC1=O. The third-order valence-corrected chi connectivity index (χ3v) is 2.57. The van der Waals surface area contributed by atoms with E-state index >= 15 is 0 Å². The Hall–Kier alpha value is -0.570. The van der Waals surface area contributed by atoms with Crippen molar-refractivity contribution in [3.05, 3.63) is 0 Å². The van der Waals surface area contributed by atoms with Crippen molar-refractivity contribution in [2.45, 2.75) is 65.2 Å². The zero-order valence-electron chi connectivity index (χ0n) is 10.4. The van der Waals surface area contributed by atoms with Crippen molar-refractivity contribution in [3.63, 3.8) is 0 Å². The number of rotatable bonds is 2. The Labute approximate surface area is 92.8 Å². The summed E-state index contributed by atoms with van der Waals surface area (Å²) in [7, 11) is 0. The molecule has 0 aliphatic carbocycles. The monoisotopic (exact) mass is 213 g/mol. The molecule has 15 heavy (non-hydrogen) atoms. The van der Waals surface area contributed by atoms with Crippen LogP contribution in [0.3, 0.4) is 0 Å². The molecule has 0 bridgehead atoms. The zero-order chi connectivity index (χ0) is 11.5. The van der Waals surface area contributed by atoms with E-state index in [-0.39, 0.29) is 17.7 Å². The lowest BCUT2D eigenvalue weighted by Crippen LogP contribution is -2.43. The molecule has 0 aromatic carbocycles. The van der Waals surface area contributed by atoms with E-state index in [2.05, 4.69) is 0 Å². The van der Waals surface area contributed by atoms with Crippen molar-refractivity contribution >= 4 is 5.91 Å². The molecule has 1 amide bonds. The summed E-state index contributed by atoms with van der Waals surface area (Å²) in [6.07, 6.45) is 3.86. The van der Waals surface area contributed by atoms with Gasteiger partial charge in [-0.15, -0.1) is 0 Å². The van der Waals surface area contributed by atoms with E-state index in [4.69, 9.17) is 4.74 Å². The van der Waals surface area contributed by atoms with E-state index in [1.165, 1.54) is 0 Å². The van der Waals surface area contributed by atoms with Crippen molar-refractivity contribution in [3.8, 4) is 0 Å². The van der Waals surface area contributed by atoms with Crippen molar-refractivity contribution in [2.24, 2.45) is 0 Å². The molecule has 3 heteroatoms. The van der Waals surface area contributed by atoms with Crippen LogP contribution < -0.4 is 0 Å². The molecule has 0 aromatic heterocycles. The maximum atomic E-state index is 11.8. The summed E-state index contributed by atoms with van der Waals surface area (Å²) in [6.45, 7) is 8.87. The summed E-state index contributed by atoms with van der Waals surface area (Å²) in [5.41, 5.74) is -0.188. The number of nitrogens with zero attached hydrogens (tertiary/aromatic N) is 1. The first-order chi connectivity index (χ1) is 6.90. The minimum Gasteiger partial charge on any atom is -0.353 e. The van der Waals surface area contributed by atoms with Gasteiger partial charge in [-0.2, -0.15) is 0 Å². The normalized spacial score (nSPS) is 21.3. The minimum absolute atomic E-state index is 0.101. The Morgan fingerprint density at radius 2 is 1.93 bits per heavy atom. The van der Waals surface area contributed by atoms with Gasteiger partial charge in [-0.3, -0.25) is 4.79 Å². The number of carbonyl (C=O) groups excluding carboxylic acids is 1. The Kier molecular flexibility index (Phi) is 4.14. The number of carbonyl (C=O) groups is 1. The van der Waals surface area contributed by atoms with Crippen LogP contribution in [-0.4, -0.2) is 29.2 Å². The second-order valence-corrected chi connectivity index (χ2v) is 5.23. The number of hydrogen-bond donors (Lipinski definition) is 0. The lowest BCUT2D eigenvalue weighted by atomic mass is 10.2. The zero-order valence-corrected chi connectivity index (χ0v) is 10.4. The third kappa shape index (κ3) is 4.20. The van der Waals surface area contributed by atoms with Crippen molar-refractivity contribution in [1.29, 1.82) is 0 Å². The van der Waals surface area contributed by atoms with Crippen LogP contribution in [0.5, 0.6) is 0 Å². The summed E-state index contributed by atoms with van der Waals surface area (Å²) in [5.74, 6) is 0.240. The van der Waals surface area contributed by atoms with Gasteiger partial charge >= 0.3 is 0 Å². The van der Waals surface area contributed by atoms with Gasteiger partial charge in [0.25, 0.3) is 0 Å². The number of ether oxygens (including phenoxy) is 1. The lowest BCUT2D eigenvalue weighted by molar-refractivity contribution is -0.157. The van der Waals surface area contributed by atoms with Gasteiger partial charge in [0.2, 0.25) is 5.91 Å². The molecular weight excluding hydrogens is 190 g/mol. The highest BCUT2D eigenvalue weighted by molar-refractivity contribution is 5.76. The van der Waals surface area contributed by atoms with Crippen LogP contribution in [0.2, 0.25) is 0 Å². The van der Waals surface area contributed by atoms with Crippen LogP contribution in [0.15, 0.2) is 0 Å². The number of likely N-dealkylation sites (tertiary alicyclic amines) is 1. The molecule has 1 aliphatic heterocycles. The average Bonchev–Trinajstić information content (AvgIpc) is 2.26. The Balaban J connectivity index is 2.56. The van der Waals surface area contributed by atoms with Crippen molar-refractivity contribution in [1.82, 2.24) is 4.90 Å². The minimum atomic E-state index is -0.188. The standard InChI is InChI=1S/C12H23NO2/c1-10(15-12(2,3)4)13-9-7-5-6-8-11(13)14/h10H,5-9H2,1-4H3. The summed E-state index contributed by atoms with van der Waals surface area (Å²) in [4.78, 5) is 13.7. The van der Waals surface area contributed by atoms with Gasteiger partial charge in [-0.05, 0) is 40.5 Å². The second kappa shape index (κ2) is 4.97. The fourth-order valence-electron chi connectivity index (χ4n) is 1.96. The van der Waals surface area contributed by atoms with E-state index in [9.17, 15) is 4.79 Å². The van der Waals surface area contributed by atoms with Crippen LogP contribution in [0.4, 0.5) is 0 Å². The molecule has 1 saturated heterocycles. The molecule has 88 valence electrons. The highest BCUT2D eigenvalue weighted by Gasteiger charge is 2.25. The van der Waals surface area contributed by atoms with Crippen molar-refractivity contribution in [2.75, 3.05) is 6.54 Å².